The summed E-state index contributed by atoms with van der Waals surface area (Å²) in [5, 5.41) is 0. The predicted octanol–water partition coefficient (Wildman–Crippen LogP) is 2.34. The highest BCUT2D eigenvalue weighted by Gasteiger charge is 2.49. The van der Waals surface area contributed by atoms with Gasteiger partial charge in [0.15, 0.2) is 0 Å². The lowest BCUT2D eigenvalue weighted by Gasteiger charge is -2.31. The first-order valence-corrected chi connectivity index (χ1v) is 3.02. The number of halogens is 4. The summed E-state index contributed by atoms with van der Waals surface area (Å²) in [5.41, 5.74) is 3.35. The van der Waals surface area contributed by atoms with Gasteiger partial charge in [-0.25, -0.2) is 0 Å². The molecule has 0 aromatic rings. The number of hydrogen-bond donors (Lipinski definition) is 1. The quantitative estimate of drug-likeness (QED) is 0.677. The van der Waals surface area contributed by atoms with Crippen molar-refractivity contribution in [1.82, 2.24) is 0 Å². The maximum absolute atomic E-state index is 12.0. The lowest BCUT2D eigenvalue weighted by molar-refractivity contribution is -0.216. The van der Waals surface area contributed by atoms with Gasteiger partial charge < -0.3 is 5.73 Å². The molecule has 2 N–H and O–H groups in total. The van der Waals surface area contributed by atoms with E-state index >= 15 is 0 Å². The lowest BCUT2D eigenvalue weighted by atomic mass is 9.85. The molecule has 70 valence electrons. The summed E-state index contributed by atoms with van der Waals surface area (Å²) < 4.78 is 36.0. The van der Waals surface area contributed by atoms with E-state index in [0.717, 1.165) is 13.8 Å². The molecule has 0 saturated heterocycles. The Labute approximate surface area is 70.6 Å². The summed E-state index contributed by atoms with van der Waals surface area (Å²) in [6.45, 7) is 3.54. The van der Waals surface area contributed by atoms with Crippen molar-refractivity contribution in [2.24, 2.45) is 11.1 Å². The Kier molecular flexibility index (Phi) is 4.49. The molecule has 0 bridgehead atoms. The third-order valence-corrected chi connectivity index (χ3v) is 1.87. The van der Waals surface area contributed by atoms with Crippen LogP contribution in [0.25, 0.3) is 0 Å². The van der Waals surface area contributed by atoms with Crippen LogP contribution < -0.4 is 5.73 Å². The molecule has 0 saturated carbocycles. The van der Waals surface area contributed by atoms with E-state index in [4.69, 9.17) is 5.73 Å². The third-order valence-electron chi connectivity index (χ3n) is 1.87. The molecule has 0 fully saturated rings. The maximum Gasteiger partial charge on any atom is 0.395 e. The topological polar surface area (TPSA) is 26.0 Å². The first kappa shape index (κ1) is 13.6. The summed E-state index contributed by atoms with van der Waals surface area (Å²) in [6.07, 6.45) is -4.21. The number of rotatable bonds is 1. The zero-order chi connectivity index (χ0) is 8.58. The number of alkyl halides is 3. The maximum atomic E-state index is 12.0. The molecule has 0 rings (SSSR count). The average molecular weight is 192 g/mol. The van der Waals surface area contributed by atoms with E-state index in [1.165, 1.54) is 6.92 Å². The van der Waals surface area contributed by atoms with Gasteiger partial charge in [-0.15, -0.1) is 12.4 Å². The first-order valence-electron chi connectivity index (χ1n) is 3.02. The molecule has 0 aliphatic carbocycles. The molecule has 0 radical (unpaired) electrons. The fourth-order valence-electron chi connectivity index (χ4n) is 0.258. The van der Waals surface area contributed by atoms with Crippen LogP contribution in [0.4, 0.5) is 13.2 Å². The van der Waals surface area contributed by atoms with E-state index in [1.807, 2.05) is 0 Å². The average Bonchev–Trinajstić information content (AvgIpc) is 1.62. The smallest absolute Gasteiger partial charge is 0.327 e. The monoisotopic (exact) mass is 191 g/mol. The van der Waals surface area contributed by atoms with E-state index in [1.54, 1.807) is 0 Å². The van der Waals surface area contributed by atoms with Crippen LogP contribution in [0.15, 0.2) is 0 Å². The van der Waals surface area contributed by atoms with Gasteiger partial charge in [0, 0.05) is 6.04 Å². The normalized spacial score (nSPS) is 15.5. The van der Waals surface area contributed by atoms with E-state index in [-0.39, 0.29) is 12.4 Å². The van der Waals surface area contributed by atoms with Gasteiger partial charge in [-0.1, -0.05) is 0 Å². The Bertz CT molecular complexity index is 119. The largest absolute Gasteiger partial charge is 0.395 e. The van der Waals surface area contributed by atoms with Gasteiger partial charge >= 0.3 is 6.18 Å². The van der Waals surface area contributed by atoms with Gasteiger partial charge in [-0.05, 0) is 20.8 Å². The van der Waals surface area contributed by atoms with Crippen LogP contribution in [0.2, 0.25) is 0 Å². The van der Waals surface area contributed by atoms with Gasteiger partial charge in [0.05, 0.1) is 5.41 Å². The highest BCUT2D eigenvalue weighted by molar-refractivity contribution is 5.85. The van der Waals surface area contributed by atoms with E-state index in [2.05, 4.69) is 0 Å². The fourth-order valence-corrected chi connectivity index (χ4v) is 0.258. The van der Waals surface area contributed by atoms with E-state index < -0.39 is 17.6 Å². The van der Waals surface area contributed by atoms with Crippen molar-refractivity contribution in [2.45, 2.75) is 33.0 Å². The van der Waals surface area contributed by atoms with Crippen LogP contribution in [-0.2, 0) is 0 Å². The molecule has 0 aliphatic rings. The molecule has 0 aliphatic heterocycles. The molecule has 0 aromatic heterocycles. The molecule has 1 atom stereocenters. The van der Waals surface area contributed by atoms with Gasteiger partial charge in [0.2, 0.25) is 0 Å². The lowest BCUT2D eigenvalue weighted by Crippen LogP contribution is -2.45. The van der Waals surface area contributed by atoms with E-state index in [0.29, 0.717) is 0 Å². The molecule has 0 amide bonds. The summed E-state index contributed by atoms with van der Waals surface area (Å²) in [6, 6.07) is -0.868. The Hall–Kier alpha value is 0.0400. The van der Waals surface area contributed by atoms with Gasteiger partial charge in [0.25, 0.3) is 0 Å². The second-order valence-corrected chi connectivity index (χ2v) is 3.01. The zero-order valence-corrected chi connectivity index (χ0v) is 7.51. The molecule has 0 heterocycles. The summed E-state index contributed by atoms with van der Waals surface area (Å²) in [4.78, 5) is 0. The van der Waals surface area contributed by atoms with Crippen LogP contribution in [0, 0.1) is 5.41 Å². The SMILES string of the molecule is C[C@H](N)C(C)(C)C(F)(F)F.Cl. The molecule has 5 heteroatoms. The third kappa shape index (κ3) is 2.87. The minimum absolute atomic E-state index is 0. The Morgan fingerprint density at radius 3 is 1.45 bits per heavy atom. The van der Waals surface area contributed by atoms with Gasteiger partial charge in [-0.2, -0.15) is 13.2 Å². The van der Waals surface area contributed by atoms with Crippen molar-refractivity contribution >= 4 is 12.4 Å². The first-order chi connectivity index (χ1) is 4.19. The summed E-state index contributed by atoms with van der Waals surface area (Å²) >= 11 is 0. The zero-order valence-electron chi connectivity index (χ0n) is 6.70. The fraction of sp³-hybridized carbons (Fsp3) is 1.00. The Morgan fingerprint density at radius 1 is 1.18 bits per heavy atom. The van der Waals surface area contributed by atoms with Crippen molar-refractivity contribution in [1.29, 1.82) is 0 Å². The highest BCUT2D eigenvalue weighted by atomic mass is 35.5. The summed E-state index contributed by atoms with van der Waals surface area (Å²) in [5.74, 6) is 0. The standard InChI is InChI=1S/C6H12F3N.ClH/c1-4(10)5(2,3)6(7,8)9;/h4H,10H2,1-3H3;1H/t4-;/m0./s1. The van der Waals surface area contributed by atoms with Gasteiger partial charge in [0.1, 0.15) is 0 Å². The molecule has 0 unspecified atom stereocenters. The molecule has 11 heavy (non-hydrogen) atoms. The van der Waals surface area contributed by atoms with Crippen LogP contribution in [0.1, 0.15) is 20.8 Å². The van der Waals surface area contributed by atoms with Crippen molar-refractivity contribution in [3.05, 3.63) is 0 Å². The second kappa shape index (κ2) is 3.63. The Balaban J connectivity index is 0. The highest BCUT2D eigenvalue weighted by Crippen LogP contribution is 2.39. The summed E-state index contributed by atoms with van der Waals surface area (Å²) in [7, 11) is 0. The van der Waals surface area contributed by atoms with Crippen molar-refractivity contribution in [3.63, 3.8) is 0 Å². The van der Waals surface area contributed by atoms with Crippen molar-refractivity contribution in [3.8, 4) is 0 Å². The molecule has 1 nitrogen and oxygen atoms in total. The predicted molar refractivity (Wildman–Crippen MR) is 40.7 cm³/mol. The van der Waals surface area contributed by atoms with Crippen molar-refractivity contribution < 1.29 is 13.2 Å². The van der Waals surface area contributed by atoms with Crippen LogP contribution >= 0.6 is 12.4 Å². The van der Waals surface area contributed by atoms with Crippen LogP contribution in [-0.4, -0.2) is 12.2 Å². The molecular weight excluding hydrogens is 179 g/mol. The van der Waals surface area contributed by atoms with Crippen molar-refractivity contribution in [2.75, 3.05) is 0 Å². The second-order valence-electron chi connectivity index (χ2n) is 3.01. The van der Waals surface area contributed by atoms with Gasteiger partial charge in [-0.3, -0.25) is 0 Å². The van der Waals surface area contributed by atoms with E-state index in [9.17, 15) is 13.2 Å². The van der Waals surface area contributed by atoms with Crippen LogP contribution in [0.3, 0.4) is 0 Å². The molecular formula is C6H13ClF3N. The number of nitrogens with two attached hydrogens (primary N) is 1. The minimum Gasteiger partial charge on any atom is -0.327 e. The molecule has 0 spiro atoms. The number of hydrogen-bond acceptors (Lipinski definition) is 1. The Morgan fingerprint density at radius 2 is 1.45 bits per heavy atom. The molecule has 0 aromatic carbocycles. The minimum atomic E-state index is -4.21. The van der Waals surface area contributed by atoms with Crippen LogP contribution in [0.5, 0.6) is 0 Å².